The number of rotatable bonds is 7. The van der Waals surface area contributed by atoms with Crippen molar-refractivity contribution < 1.29 is 38.6 Å². The Kier molecular flexibility index (Phi) is 13.0. The quantitative estimate of drug-likeness (QED) is 0.0872. The molecule has 16 nitrogen and oxygen atoms in total. The first-order chi connectivity index (χ1) is 20.9. The van der Waals surface area contributed by atoms with Crippen molar-refractivity contribution in [2.45, 2.75) is 0 Å². The van der Waals surface area contributed by atoms with Crippen LogP contribution in [0.15, 0.2) is 73.3 Å². The number of aromatic nitrogens is 2. The molecule has 1 radical (unpaired) electrons. The van der Waals surface area contributed by atoms with Crippen LogP contribution in [0.2, 0.25) is 5.02 Å². The van der Waals surface area contributed by atoms with Crippen molar-refractivity contribution in [2.24, 2.45) is 0 Å². The van der Waals surface area contributed by atoms with Crippen LogP contribution in [0.5, 0.6) is 5.75 Å². The third-order valence-electron chi connectivity index (χ3n) is 5.27. The summed E-state index contributed by atoms with van der Waals surface area (Å²) in [5.74, 6) is -1.08. The number of halogens is 1. The van der Waals surface area contributed by atoms with Gasteiger partial charge in [-0.05, 0) is 59.7 Å². The van der Waals surface area contributed by atoms with Crippen molar-refractivity contribution in [3.63, 3.8) is 0 Å². The lowest BCUT2D eigenvalue weighted by Crippen LogP contribution is -2.08. The monoisotopic (exact) mass is 625 g/mol. The number of carbonyl (C=O) groups is 2. The van der Waals surface area contributed by atoms with E-state index in [1.54, 1.807) is 49.1 Å². The predicted molar refractivity (Wildman–Crippen MR) is 159 cm³/mol. The number of hydrogen-bond donors (Lipinski definition) is 3. The number of nitrogens with zero attached hydrogens (tertiary/aromatic N) is 4. The second-order valence-electron chi connectivity index (χ2n) is 7.99. The van der Waals surface area contributed by atoms with Crippen LogP contribution in [0.4, 0.5) is 22.7 Å². The van der Waals surface area contributed by atoms with E-state index in [9.17, 15) is 29.8 Å². The Morgan fingerprint density at radius 3 is 1.70 bits per heavy atom. The number of nitro groups is 2. The highest BCUT2D eigenvalue weighted by atomic mass is 35.5. The maximum absolute atomic E-state index is 11.7. The summed E-state index contributed by atoms with van der Waals surface area (Å²) < 4.78 is 13.5. The molecule has 0 aliphatic rings. The molecule has 0 bridgehead atoms. The molecule has 2 aromatic heterocycles. The van der Waals surface area contributed by atoms with Gasteiger partial charge in [-0.25, -0.2) is 9.59 Å². The minimum absolute atomic E-state index is 0.0929. The number of nitro benzene ring substituents is 2. The number of carbonyl (C=O) groups excluding carboxylic acids is 2. The molecule has 4 aromatic rings. The number of nitrogens with two attached hydrogens (primary N) is 2. The SMILES string of the molecule is COC(=O)c1cc(-c2ccncc2)cc(N)c1[N+](=O)[O-].COC(=O)c1cc(Cl)cc(N)c1[N+](=O)[O-].O[B]Oc1ccncc1. The van der Waals surface area contributed by atoms with Crippen molar-refractivity contribution in [1.82, 2.24) is 9.97 Å². The van der Waals surface area contributed by atoms with Crippen LogP contribution in [0, 0.1) is 20.2 Å². The zero-order valence-electron chi connectivity index (χ0n) is 22.9. The molecule has 0 atom stereocenters. The molecule has 0 spiro atoms. The molecule has 0 unspecified atom stereocenters. The lowest BCUT2D eigenvalue weighted by molar-refractivity contribution is -0.384. The average molecular weight is 626 g/mol. The highest BCUT2D eigenvalue weighted by Crippen LogP contribution is 2.33. The van der Waals surface area contributed by atoms with Crippen molar-refractivity contribution in [2.75, 3.05) is 25.7 Å². The third-order valence-corrected chi connectivity index (χ3v) is 5.49. The molecule has 0 saturated heterocycles. The number of methoxy groups -OCH3 is 2. The van der Waals surface area contributed by atoms with Gasteiger partial charge in [0.2, 0.25) is 0 Å². The number of benzene rings is 2. The molecule has 44 heavy (non-hydrogen) atoms. The van der Waals surface area contributed by atoms with Crippen LogP contribution in [0.25, 0.3) is 11.1 Å². The van der Waals surface area contributed by atoms with Gasteiger partial charge in [-0.15, -0.1) is 0 Å². The molecule has 0 aliphatic heterocycles. The molecule has 0 saturated carbocycles. The van der Waals surface area contributed by atoms with Crippen LogP contribution in [-0.4, -0.2) is 58.7 Å². The number of esters is 2. The van der Waals surface area contributed by atoms with Gasteiger partial charge in [0, 0.05) is 29.8 Å². The first kappa shape index (κ1) is 34.4. The highest BCUT2D eigenvalue weighted by Gasteiger charge is 2.26. The van der Waals surface area contributed by atoms with Gasteiger partial charge in [0.1, 0.15) is 28.3 Å². The van der Waals surface area contributed by atoms with Gasteiger partial charge in [0.25, 0.3) is 0 Å². The predicted octanol–water partition coefficient (Wildman–Crippen LogP) is 3.63. The van der Waals surface area contributed by atoms with Crippen molar-refractivity contribution >= 4 is 54.0 Å². The number of nitrogen functional groups attached to an aromatic ring is 2. The van der Waals surface area contributed by atoms with E-state index >= 15 is 0 Å². The van der Waals surface area contributed by atoms with Gasteiger partial charge in [-0.3, -0.25) is 30.2 Å². The van der Waals surface area contributed by atoms with Crippen LogP contribution >= 0.6 is 11.6 Å². The van der Waals surface area contributed by atoms with Crippen molar-refractivity contribution in [1.29, 1.82) is 0 Å². The van der Waals surface area contributed by atoms with E-state index in [2.05, 4.69) is 24.1 Å². The fourth-order valence-electron chi connectivity index (χ4n) is 3.40. The summed E-state index contributed by atoms with van der Waals surface area (Å²) in [5, 5.41) is 30.0. The Bertz CT molecular complexity index is 1630. The molecule has 5 N–H and O–H groups in total. The van der Waals surface area contributed by atoms with Gasteiger partial charge in [0.15, 0.2) is 0 Å². The molecular formula is C26H23BClN6O10. The lowest BCUT2D eigenvalue weighted by atomic mass is 10.0. The Morgan fingerprint density at radius 1 is 0.795 bits per heavy atom. The minimum Gasteiger partial charge on any atom is -0.537 e. The van der Waals surface area contributed by atoms with Gasteiger partial charge >= 0.3 is 31.0 Å². The van der Waals surface area contributed by atoms with Crippen LogP contribution in [-0.2, 0) is 9.47 Å². The Morgan fingerprint density at radius 2 is 1.25 bits per heavy atom. The summed E-state index contributed by atoms with van der Waals surface area (Å²) in [7, 11) is 2.90. The number of hydrogen-bond acceptors (Lipinski definition) is 14. The Balaban J connectivity index is 0.000000247. The number of pyridine rings is 2. The summed E-state index contributed by atoms with van der Waals surface area (Å²) in [5.41, 5.74) is 10.7. The number of ether oxygens (including phenoxy) is 2. The van der Waals surface area contributed by atoms with Crippen molar-refractivity contribution in [3.05, 3.63) is 110 Å². The average Bonchev–Trinajstić information content (AvgIpc) is 3.00. The summed E-state index contributed by atoms with van der Waals surface area (Å²) in [6.07, 6.45) is 6.31. The Labute approximate surface area is 254 Å². The maximum Gasteiger partial charge on any atom is 0.569 e. The summed E-state index contributed by atoms with van der Waals surface area (Å²) in [6.45, 7) is 0. The molecule has 4 rings (SSSR count). The van der Waals surface area contributed by atoms with Gasteiger partial charge in [-0.1, -0.05) is 11.6 Å². The molecule has 0 amide bonds. The summed E-state index contributed by atoms with van der Waals surface area (Å²) in [4.78, 5) is 50.7. The third kappa shape index (κ3) is 9.36. The molecule has 227 valence electrons. The molecule has 2 aromatic carbocycles. The van der Waals surface area contributed by atoms with E-state index in [0.29, 0.717) is 19.0 Å². The summed E-state index contributed by atoms with van der Waals surface area (Å²) >= 11 is 5.62. The van der Waals surface area contributed by atoms with Crippen LogP contribution in [0.1, 0.15) is 20.7 Å². The van der Waals surface area contributed by atoms with Gasteiger partial charge in [0.05, 0.1) is 24.1 Å². The highest BCUT2D eigenvalue weighted by molar-refractivity contribution is 6.31. The fraction of sp³-hybridized carbons (Fsp3) is 0.0769. The van der Waals surface area contributed by atoms with E-state index in [-0.39, 0.29) is 27.5 Å². The first-order valence-corrected chi connectivity index (χ1v) is 12.2. The van der Waals surface area contributed by atoms with E-state index in [4.69, 9.17) is 28.1 Å². The van der Waals surface area contributed by atoms with Crippen molar-refractivity contribution in [3.8, 4) is 16.9 Å². The zero-order valence-corrected chi connectivity index (χ0v) is 23.7. The van der Waals surface area contributed by atoms with Crippen LogP contribution in [0.3, 0.4) is 0 Å². The topological polar surface area (TPSA) is 246 Å². The smallest absolute Gasteiger partial charge is 0.537 e. The first-order valence-electron chi connectivity index (χ1n) is 11.9. The minimum atomic E-state index is -0.851. The maximum atomic E-state index is 11.7. The molecule has 0 fully saturated rings. The fourth-order valence-corrected chi connectivity index (χ4v) is 3.63. The van der Waals surface area contributed by atoms with E-state index in [1.165, 1.54) is 18.2 Å². The van der Waals surface area contributed by atoms with Gasteiger partial charge in [-0.2, -0.15) is 0 Å². The van der Waals surface area contributed by atoms with Crippen LogP contribution < -0.4 is 16.1 Å². The number of anilines is 2. The lowest BCUT2D eigenvalue weighted by Gasteiger charge is -2.08. The zero-order chi connectivity index (χ0) is 32.8. The molecule has 0 aliphatic carbocycles. The van der Waals surface area contributed by atoms with Gasteiger partial charge < -0.3 is 30.6 Å². The Hall–Kier alpha value is -5.81. The van der Waals surface area contributed by atoms with E-state index in [1.807, 2.05) is 0 Å². The van der Waals surface area contributed by atoms with E-state index in [0.717, 1.165) is 25.8 Å². The second kappa shape index (κ2) is 16.6. The largest absolute Gasteiger partial charge is 0.569 e. The molecule has 2 heterocycles. The standard InChI is InChI=1S/C13H11N3O4.C8H7ClN2O4.C5H5BNO2/c1-20-13(17)10-6-9(8-2-4-15-5-3-8)7-11(14)12(10)16(18)19;1-15-8(12)5-2-4(9)3-6(10)7(5)11(13)14;8-6-9-5-1-3-7-4-2-5/h2-7H,14H2,1H3;2-3H,10H2,1H3;1-4,8H. The molecular weight excluding hydrogens is 603 g/mol. The summed E-state index contributed by atoms with van der Waals surface area (Å²) in [6, 6.07) is 11.9. The normalized spacial score (nSPS) is 9.64. The molecule has 18 heteroatoms. The van der Waals surface area contributed by atoms with E-state index < -0.39 is 33.2 Å². The second-order valence-corrected chi connectivity index (χ2v) is 8.43.